The quantitative estimate of drug-likeness (QED) is 0.812. The van der Waals surface area contributed by atoms with Crippen molar-refractivity contribution in [3.8, 4) is 0 Å². The lowest BCUT2D eigenvalue weighted by atomic mass is 10.3. The second-order valence-electron chi connectivity index (χ2n) is 3.25. The third-order valence-corrected chi connectivity index (χ3v) is 2.56. The van der Waals surface area contributed by atoms with E-state index in [0.717, 1.165) is 10.0 Å². The van der Waals surface area contributed by atoms with E-state index in [1.165, 1.54) is 7.11 Å². The lowest BCUT2D eigenvalue weighted by Gasteiger charge is -2.15. The van der Waals surface area contributed by atoms with E-state index in [1.54, 1.807) is 6.20 Å². The number of pyridine rings is 1. The number of aliphatic hydroxyl groups is 1. The standard InChI is InChI=1S/C10H13BrN2O3/c1-6-3-7(11)9(12-4-6)13-8(5-14)10(15)16-2/h3-4,8,14H,5H2,1-2H3,(H,12,13). The number of methoxy groups -OCH3 is 1. The van der Waals surface area contributed by atoms with Crippen LogP contribution in [0.4, 0.5) is 5.82 Å². The summed E-state index contributed by atoms with van der Waals surface area (Å²) >= 11 is 3.32. The molecule has 0 aliphatic heterocycles. The van der Waals surface area contributed by atoms with Gasteiger partial charge in [0.1, 0.15) is 11.9 Å². The Balaban J connectivity index is 2.82. The van der Waals surface area contributed by atoms with Crippen LogP contribution in [0.2, 0.25) is 0 Å². The Bertz CT molecular complexity index is 384. The minimum atomic E-state index is -0.809. The summed E-state index contributed by atoms with van der Waals surface area (Å²) in [6.45, 7) is 1.56. The molecule has 0 saturated carbocycles. The monoisotopic (exact) mass is 288 g/mol. The van der Waals surface area contributed by atoms with Crippen molar-refractivity contribution in [1.29, 1.82) is 0 Å². The molecule has 0 saturated heterocycles. The number of ether oxygens (including phenoxy) is 1. The van der Waals surface area contributed by atoms with Crippen molar-refractivity contribution in [2.75, 3.05) is 19.0 Å². The molecule has 1 aromatic rings. The van der Waals surface area contributed by atoms with Crippen LogP contribution in [0, 0.1) is 6.92 Å². The largest absolute Gasteiger partial charge is 0.467 e. The topological polar surface area (TPSA) is 71.5 Å². The number of nitrogens with zero attached hydrogens (tertiary/aromatic N) is 1. The van der Waals surface area contributed by atoms with Crippen molar-refractivity contribution in [3.05, 3.63) is 22.3 Å². The fourth-order valence-corrected chi connectivity index (χ4v) is 1.70. The third kappa shape index (κ3) is 3.18. The molecule has 0 fully saturated rings. The molecule has 0 bridgehead atoms. The van der Waals surface area contributed by atoms with E-state index >= 15 is 0 Å². The smallest absolute Gasteiger partial charge is 0.330 e. The molecule has 0 aliphatic carbocycles. The van der Waals surface area contributed by atoms with Crippen LogP contribution < -0.4 is 5.32 Å². The number of aliphatic hydroxyl groups excluding tert-OH is 1. The minimum Gasteiger partial charge on any atom is -0.467 e. The molecule has 1 heterocycles. The maximum atomic E-state index is 11.2. The second kappa shape index (κ2) is 5.81. The molecule has 0 aliphatic rings. The summed E-state index contributed by atoms with van der Waals surface area (Å²) in [4.78, 5) is 15.3. The van der Waals surface area contributed by atoms with Crippen LogP contribution in [0.15, 0.2) is 16.7 Å². The van der Waals surface area contributed by atoms with Gasteiger partial charge in [0.2, 0.25) is 0 Å². The predicted molar refractivity (Wildman–Crippen MR) is 63.2 cm³/mol. The number of rotatable bonds is 4. The van der Waals surface area contributed by atoms with E-state index in [0.29, 0.717) is 5.82 Å². The first kappa shape index (κ1) is 12.9. The summed E-state index contributed by atoms with van der Waals surface area (Å²) in [6, 6.07) is 1.05. The van der Waals surface area contributed by atoms with Crippen LogP contribution in [0.1, 0.15) is 5.56 Å². The summed E-state index contributed by atoms with van der Waals surface area (Å²) in [5.74, 6) is -0.0353. The van der Waals surface area contributed by atoms with Gasteiger partial charge in [-0.1, -0.05) is 0 Å². The Morgan fingerprint density at radius 1 is 1.75 bits per heavy atom. The highest BCUT2D eigenvalue weighted by Gasteiger charge is 2.19. The summed E-state index contributed by atoms with van der Waals surface area (Å²) in [6.07, 6.45) is 1.67. The lowest BCUT2D eigenvalue weighted by Crippen LogP contribution is -2.34. The van der Waals surface area contributed by atoms with Crippen LogP contribution in [-0.4, -0.2) is 35.8 Å². The fourth-order valence-electron chi connectivity index (χ4n) is 1.13. The van der Waals surface area contributed by atoms with Crippen molar-refractivity contribution in [1.82, 2.24) is 4.98 Å². The number of anilines is 1. The van der Waals surface area contributed by atoms with Crippen molar-refractivity contribution in [2.24, 2.45) is 0 Å². The zero-order chi connectivity index (χ0) is 12.1. The number of aromatic nitrogens is 1. The molecule has 1 rings (SSSR count). The average molecular weight is 289 g/mol. The van der Waals surface area contributed by atoms with Crippen molar-refractivity contribution in [3.63, 3.8) is 0 Å². The molecule has 1 unspecified atom stereocenters. The Morgan fingerprint density at radius 3 is 2.94 bits per heavy atom. The molecule has 0 radical (unpaired) electrons. The number of aryl methyl sites for hydroxylation is 1. The maximum absolute atomic E-state index is 11.2. The molecular formula is C10H13BrN2O3. The predicted octanol–water partition coefficient (Wildman–Crippen LogP) is 1.10. The zero-order valence-corrected chi connectivity index (χ0v) is 10.6. The van der Waals surface area contributed by atoms with Crippen LogP contribution >= 0.6 is 15.9 Å². The van der Waals surface area contributed by atoms with Crippen molar-refractivity contribution in [2.45, 2.75) is 13.0 Å². The van der Waals surface area contributed by atoms with Gasteiger partial charge in [-0.25, -0.2) is 9.78 Å². The van der Waals surface area contributed by atoms with Gasteiger partial charge in [0.25, 0.3) is 0 Å². The molecule has 2 N–H and O–H groups in total. The summed E-state index contributed by atoms with van der Waals surface area (Å²) in [5, 5.41) is 11.8. The number of hydrogen-bond donors (Lipinski definition) is 2. The number of esters is 1. The minimum absolute atomic E-state index is 0.353. The van der Waals surface area contributed by atoms with Gasteiger partial charge in [0.05, 0.1) is 18.2 Å². The summed E-state index contributed by atoms with van der Waals surface area (Å²) in [7, 11) is 1.27. The SMILES string of the molecule is COC(=O)C(CO)Nc1ncc(C)cc1Br. The van der Waals surface area contributed by atoms with Crippen LogP contribution in [0.3, 0.4) is 0 Å². The summed E-state index contributed by atoms with van der Waals surface area (Å²) < 4.78 is 5.27. The van der Waals surface area contributed by atoms with Crippen LogP contribution in [0.5, 0.6) is 0 Å². The van der Waals surface area contributed by atoms with Gasteiger partial charge in [-0.2, -0.15) is 0 Å². The highest BCUT2D eigenvalue weighted by atomic mass is 79.9. The highest BCUT2D eigenvalue weighted by molar-refractivity contribution is 9.10. The van der Waals surface area contributed by atoms with Gasteiger partial charge in [-0.05, 0) is 34.5 Å². The van der Waals surface area contributed by atoms with Gasteiger partial charge in [0, 0.05) is 6.20 Å². The molecule has 0 aromatic carbocycles. The number of hydrogen-bond acceptors (Lipinski definition) is 5. The molecule has 1 atom stereocenters. The molecule has 88 valence electrons. The van der Waals surface area contributed by atoms with E-state index in [2.05, 4.69) is 31.0 Å². The molecule has 0 amide bonds. The Kier molecular flexibility index (Phi) is 4.70. The van der Waals surface area contributed by atoms with E-state index in [-0.39, 0.29) is 6.61 Å². The zero-order valence-electron chi connectivity index (χ0n) is 9.03. The fraction of sp³-hybridized carbons (Fsp3) is 0.400. The van der Waals surface area contributed by atoms with Gasteiger partial charge in [0.15, 0.2) is 0 Å². The van der Waals surface area contributed by atoms with Gasteiger partial charge in [-0.15, -0.1) is 0 Å². The summed E-state index contributed by atoms with van der Waals surface area (Å²) in [5.41, 5.74) is 0.996. The van der Waals surface area contributed by atoms with Crippen LogP contribution in [-0.2, 0) is 9.53 Å². The number of nitrogens with one attached hydrogen (secondary N) is 1. The van der Waals surface area contributed by atoms with E-state index in [1.807, 2.05) is 13.0 Å². The number of carbonyl (C=O) groups excluding carboxylic acids is 1. The molecule has 16 heavy (non-hydrogen) atoms. The number of halogens is 1. The first-order chi connectivity index (χ1) is 7.58. The molecule has 5 nitrogen and oxygen atoms in total. The highest BCUT2D eigenvalue weighted by Crippen LogP contribution is 2.21. The first-order valence-corrected chi connectivity index (χ1v) is 5.45. The number of carbonyl (C=O) groups is 1. The van der Waals surface area contributed by atoms with E-state index in [9.17, 15) is 4.79 Å². The van der Waals surface area contributed by atoms with Crippen molar-refractivity contribution < 1.29 is 14.6 Å². The first-order valence-electron chi connectivity index (χ1n) is 4.66. The maximum Gasteiger partial charge on any atom is 0.330 e. The third-order valence-electron chi connectivity index (χ3n) is 1.96. The average Bonchev–Trinajstić information content (AvgIpc) is 2.27. The Labute approximate surface area is 102 Å². The van der Waals surface area contributed by atoms with Crippen LogP contribution in [0.25, 0.3) is 0 Å². The van der Waals surface area contributed by atoms with Gasteiger partial charge >= 0.3 is 5.97 Å². The normalized spacial score (nSPS) is 12.0. The molecule has 1 aromatic heterocycles. The Morgan fingerprint density at radius 2 is 2.44 bits per heavy atom. The molecular weight excluding hydrogens is 276 g/mol. The van der Waals surface area contributed by atoms with Crippen molar-refractivity contribution >= 4 is 27.7 Å². The Hall–Kier alpha value is -1.14. The lowest BCUT2D eigenvalue weighted by molar-refractivity contribution is -0.142. The van der Waals surface area contributed by atoms with E-state index < -0.39 is 12.0 Å². The van der Waals surface area contributed by atoms with E-state index in [4.69, 9.17) is 5.11 Å². The van der Waals surface area contributed by atoms with Gasteiger partial charge < -0.3 is 15.2 Å². The van der Waals surface area contributed by atoms with Gasteiger partial charge in [-0.3, -0.25) is 0 Å². The molecule has 6 heteroatoms. The molecule has 0 spiro atoms. The second-order valence-corrected chi connectivity index (χ2v) is 4.10.